The van der Waals surface area contributed by atoms with Gasteiger partial charge in [0.1, 0.15) is 6.61 Å². The van der Waals surface area contributed by atoms with E-state index in [4.69, 9.17) is 4.74 Å². The zero-order chi connectivity index (χ0) is 16.6. The van der Waals surface area contributed by atoms with E-state index in [2.05, 4.69) is 21.7 Å². The fraction of sp³-hybridized carbons (Fsp3) is 0.421. The Bertz CT molecular complexity index is 616. The Balaban J connectivity index is 1.41. The van der Waals surface area contributed by atoms with Gasteiger partial charge in [-0.15, -0.1) is 0 Å². The zero-order valence-electron chi connectivity index (χ0n) is 13.9. The van der Waals surface area contributed by atoms with Crippen LogP contribution in [0.15, 0.2) is 47.2 Å². The summed E-state index contributed by atoms with van der Waals surface area (Å²) >= 11 is 1.74. The molecule has 0 saturated carbocycles. The smallest absolute Gasteiger partial charge is 0.248 e. The van der Waals surface area contributed by atoms with Crippen LogP contribution in [0.5, 0.6) is 0 Å². The van der Waals surface area contributed by atoms with Crippen LogP contribution in [-0.4, -0.2) is 48.5 Å². The van der Waals surface area contributed by atoms with Gasteiger partial charge in [-0.25, -0.2) is 0 Å². The third-order valence-corrected chi connectivity index (χ3v) is 5.00. The number of benzene rings is 1. The molecule has 0 atom stereocenters. The third-order valence-electron chi connectivity index (χ3n) is 4.26. The van der Waals surface area contributed by atoms with Crippen molar-refractivity contribution in [1.82, 2.24) is 9.80 Å². The summed E-state index contributed by atoms with van der Waals surface area (Å²) in [6.07, 6.45) is 1.02. The summed E-state index contributed by atoms with van der Waals surface area (Å²) in [5, 5.41) is 4.32. The number of hydrogen-bond acceptors (Lipinski definition) is 4. The van der Waals surface area contributed by atoms with Crippen LogP contribution >= 0.6 is 11.3 Å². The molecule has 2 heterocycles. The first kappa shape index (κ1) is 17.1. The molecule has 1 aliphatic rings. The minimum absolute atomic E-state index is 0.100. The second-order valence-electron chi connectivity index (χ2n) is 6.12. The first-order chi connectivity index (χ1) is 11.8. The fourth-order valence-corrected chi connectivity index (χ4v) is 3.60. The van der Waals surface area contributed by atoms with Gasteiger partial charge in [-0.05, 0) is 34.4 Å². The van der Waals surface area contributed by atoms with Crippen LogP contribution in [0.3, 0.4) is 0 Å². The molecule has 0 aliphatic carbocycles. The van der Waals surface area contributed by atoms with Crippen molar-refractivity contribution in [3.05, 3.63) is 58.3 Å². The number of amides is 1. The first-order valence-electron chi connectivity index (χ1n) is 8.44. The van der Waals surface area contributed by atoms with Crippen LogP contribution in [0.4, 0.5) is 0 Å². The van der Waals surface area contributed by atoms with Crippen LogP contribution < -0.4 is 0 Å². The van der Waals surface area contributed by atoms with Gasteiger partial charge in [0.15, 0.2) is 0 Å². The summed E-state index contributed by atoms with van der Waals surface area (Å²) in [6, 6.07) is 12.1. The predicted octanol–water partition coefficient (Wildman–Crippen LogP) is 3.00. The highest BCUT2D eigenvalue weighted by Crippen LogP contribution is 2.12. The molecule has 1 aromatic heterocycles. The topological polar surface area (TPSA) is 32.8 Å². The Morgan fingerprint density at radius 1 is 1.04 bits per heavy atom. The molecule has 1 saturated heterocycles. The first-order valence-corrected chi connectivity index (χ1v) is 9.38. The highest BCUT2D eigenvalue weighted by atomic mass is 32.1. The number of thiophene rings is 1. The van der Waals surface area contributed by atoms with Crippen molar-refractivity contribution < 1.29 is 9.53 Å². The SMILES string of the molecule is O=C(COCc1ccccc1)N1CCCN(Cc2ccsc2)CC1. The summed E-state index contributed by atoms with van der Waals surface area (Å²) in [7, 11) is 0. The molecule has 3 rings (SSSR count). The largest absolute Gasteiger partial charge is 0.367 e. The highest BCUT2D eigenvalue weighted by Gasteiger charge is 2.19. The Morgan fingerprint density at radius 3 is 2.71 bits per heavy atom. The van der Waals surface area contributed by atoms with Gasteiger partial charge in [0.2, 0.25) is 5.91 Å². The monoisotopic (exact) mass is 344 g/mol. The lowest BCUT2D eigenvalue weighted by atomic mass is 10.2. The van der Waals surface area contributed by atoms with Gasteiger partial charge in [-0.3, -0.25) is 9.69 Å². The number of carbonyl (C=O) groups is 1. The molecule has 0 radical (unpaired) electrons. The number of carbonyl (C=O) groups excluding carboxylic acids is 1. The minimum Gasteiger partial charge on any atom is -0.367 e. The van der Waals surface area contributed by atoms with Crippen molar-refractivity contribution in [2.24, 2.45) is 0 Å². The van der Waals surface area contributed by atoms with Gasteiger partial charge in [-0.1, -0.05) is 30.3 Å². The number of nitrogens with zero attached hydrogens (tertiary/aromatic N) is 2. The molecule has 1 aromatic carbocycles. The van der Waals surface area contributed by atoms with Crippen LogP contribution in [0.1, 0.15) is 17.5 Å². The highest BCUT2D eigenvalue weighted by molar-refractivity contribution is 7.07. The maximum atomic E-state index is 12.3. The molecule has 24 heavy (non-hydrogen) atoms. The Morgan fingerprint density at radius 2 is 1.92 bits per heavy atom. The molecule has 1 aliphatic heterocycles. The van der Waals surface area contributed by atoms with E-state index >= 15 is 0 Å². The summed E-state index contributed by atoms with van der Waals surface area (Å²) in [5.74, 6) is 0.100. The standard InChI is InChI=1S/C19H24N2O2S/c22-19(15-23-14-17-5-2-1-3-6-17)21-9-4-8-20(10-11-21)13-18-7-12-24-16-18/h1-3,5-7,12,16H,4,8-11,13-15H2. The van der Waals surface area contributed by atoms with Crippen LogP contribution in [-0.2, 0) is 22.7 Å². The Hall–Kier alpha value is -1.69. The molecule has 5 heteroatoms. The number of rotatable bonds is 6. The summed E-state index contributed by atoms with van der Waals surface area (Å²) < 4.78 is 5.58. The quantitative estimate of drug-likeness (QED) is 0.808. The van der Waals surface area contributed by atoms with E-state index in [9.17, 15) is 4.79 Å². The van der Waals surface area contributed by atoms with E-state index in [0.717, 1.165) is 44.7 Å². The normalized spacial score (nSPS) is 16.1. The molecule has 0 unspecified atom stereocenters. The zero-order valence-corrected chi connectivity index (χ0v) is 14.7. The maximum absolute atomic E-state index is 12.3. The van der Waals surface area contributed by atoms with E-state index in [1.165, 1.54) is 5.56 Å². The summed E-state index contributed by atoms with van der Waals surface area (Å²) in [5.41, 5.74) is 2.47. The van der Waals surface area contributed by atoms with Crippen LogP contribution in [0, 0.1) is 0 Å². The fourth-order valence-electron chi connectivity index (χ4n) is 2.94. The lowest BCUT2D eigenvalue weighted by Gasteiger charge is -2.21. The molecule has 128 valence electrons. The van der Waals surface area contributed by atoms with Crippen molar-refractivity contribution in [2.45, 2.75) is 19.6 Å². The van der Waals surface area contributed by atoms with Crippen molar-refractivity contribution >= 4 is 17.2 Å². The van der Waals surface area contributed by atoms with E-state index in [-0.39, 0.29) is 12.5 Å². The van der Waals surface area contributed by atoms with E-state index in [0.29, 0.717) is 6.61 Å². The molecule has 2 aromatic rings. The van der Waals surface area contributed by atoms with Gasteiger partial charge < -0.3 is 9.64 Å². The third kappa shape index (κ3) is 5.16. The predicted molar refractivity (Wildman–Crippen MR) is 96.9 cm³/mol. The van der Waals surface area contributed by atoms with E-state index in [1.54, 1.807) is 11.3 Å². The molecule has 0 spiro atoms. The number of hydrogen-bond donors (Lipinski definition) is 0. The van der Waals surface area contributed by atoms with Crippen LogP contribution in [0.2, 0.25) is 0 Å². The van der Waals surface area contributed by atoms with Crippen molar-refractivity contribution in [3.63, 3.8) is 0 Å². The molecule has 0 N–H and O–H groups in total. The van der Waals surface area contributed by atoms with Gasteiger partial charge in [0, 0.05) is 32.7 Å². The molecule has 1 fully saturated rings. The lowest BCUT2D eigenvalue weighted by Crippen LogP contribution is -2.37. The molecular formula is C19H24N2O2S. The summed E-state index contributed by atoms with van der Waals surface area (Å²) in [6.45, 7) is 5.23. The van der Waals surface area contributed by atoms with Gasteiger partial charge >= 0.3 is 0 Å². The average molecular weight is 344 g/mol. The summed E-state index contributed by atoms with van der Waals surface area (Å²) in [4.78, 5) is 16.7. The lowest BCUT2D eigenvalue weighted by molar-refractivity contribution is -0.136. The molecule has 0 bridgehead atoms. The Kier molecular flexibility index (Phi) is 6.41. The van der Waals surface area contributed by atoms with Crippen molar-refractivity contribution in [2.75, 3.05) is 32.8 Å². The second-order valence-corrected chi connectivity index (χ2v) is 6.90. The van der Waals surface area contributed by atoms with Gasteiger partial charge in [0.05, 0.1) is 6.61 Å². The molecular weight excluding hydrogens is 320 g/mol. The van der Waals surface area contributed by atoms with Crippen molar-refractivity contribution in [3.8, 4) is 0 Å². The molecule has 4 nitrogen and oxygen atoms in total. The van der Waals surface area contributed by atoms with E-state index in [1.807, 2.05) is 35.2 Å². The molecule has 1 amide bonds. The van der Waals surface area contributed by atoms with Gasteiger partial charge in [0.25, 0.3) is 0 Å². The maximum Gasteiger partial charge on any atom is 0.248 e. The second kappa shape index (κ2) is 8.97. The number of ether oxygens (including phenoxy) is 1. The van der Waals surface area contributed by atoms with Crippen molar-refractivity contribution in [1.29, 1.82) is 0 Å². The Labute approximate surface area is 147 Å². The average Bonchev–Trinajstić information content (AvgIpc) is 3.00. The van der Waals surface area contributed by atoms with Gasteiger partial charge in [-0.2, -0.15) is 11.3 Å². The van der Waals surface area contributed by atoms with Crippen LogP contribution in [0.25, 0.3) is 0 Å². The minimum atomic E-state index is 0.100. The van der Waals surface area contributed by atoms with E-state index < -0.39 is 0 Å².